The first-order valence-corrected chi connectivity index (χ1v) is 8.77. The number of amides is 1. The monoisotopic (exact) mass is 378 g/mol. The molecule has 2 fully saturated rings. The summed E-state index contributed by atoms with van der Waals surface area (Å²) in [6.45, 7) is 4.27. The Labute approximate surface area is 156 Å². The van der Waals surface area contributed by atoms with Crippen LogP contribution in [0.3, 0.4) is 0 Å². The molecule has 0 N–H and O–H groups in total. The van der Waals surface area contributed by atoms with Gasteiger partial charge < -0.3 is 24.1 Å². The quantitative estimate of drug-likeness (QED) is 0.406. The first kappa shape index (κ1) is 19.1. The van der Waals surface area contributed by atoms with Crippen LogP contribution >= 0.6 is 0 Å². The Kier molecular flexibility index (Phi) is 6.55. The number of oxime groups is 1. The molecule has 0 spiro atoms. The summed E-state index contributed by atoms with van der Waals surface area (Å²) < 4.78 is 10.5. The fourth-order valence-corrected chi connectivity index (χ4v) is 2.93. The van der Waals surface area contributed by atoms with E-state index in [1.807, 2.05) is 4.90 Å². The van der Waals surface area contributed by atoms with Crippen LogP contribution in [0.4, 0.5) is 11.4 Å². The molecule has 2 aliphatic rings. The number of anilines is 1. The van der Waals surface area contributed by atoms with Gasteiger partial charge in [-0.3, -0.25) is 14.9 Å². The van der Waals surface area contributed by atoms with Crippen LogP contribution in [0.15, 0.2) is 23.4 Å². The van der Waals surface area contributed by atoms with Crippen LogP contribution in [0.5, 0.6) is 0 Å². The normalized spacial score (nSPS) is 17.9. The van der Waals surface area contributed by atoms with Crippen LogP contribution in [-0.2, 0) is 19.1 Å². The number of nitro groups is 1. The maximum Gasteiger partial charge on any atom is 0.293 e. The van der Waals surface area contributed by atoms with E-state index < -0.39 is 4.92 Å². The van der Waals surface area contributed by atoms with Gasteiger partial charge in [0.25, 0.3) is 11.6 Å². The Bertz CT molecular complexity index is 699. The largest absolute Gasteiger partial charge is 0.386 e. The third kappa shape index (κ3) is 5.14. The Balaban J connectivity index is 1.59. The van der Waals surface area contributed by atoms with Crippen LogP contribution in [0.25, 0.3) is 0 Å². The minimum Gasteiger partial charge on any atom is -0.386 e. The molecule has 2 saturated heterocycles. The van der Waals surface area contributed by atoms with Crippen molar-refractivity contribution >= 4 is 23.5 Å². The second kappa shape index (κ2) is 9.28. The molecule has 3 rings (SSSR count). The van der Waals surface area contributed by atoms with Crippen molar-refractivity contribution in [2.45, 2.75) is 0 Å². The number of morpholine rings is 2. The lowest BCUT2D eigenvalue weighted by atomic mass is 10.1. The highest BCUT2D eigenvalue weighted by molar-refractivity contribution is 5.83. The zero-order valence-electron chi connectivity index (χ0n) is 14.9. The van der Waals surface area contributed by atoms with Crippen molar-refractivity contribution in [3.05, 3.63) is 33.9 Å². The fourth-order valence-electron chi connectivity index (χ4n) is 2.93. The van der Waals surface area contributed by atoms with E-state index in [1.54, 1.807) is 17.0 Å². The molecule has 0 aliphatic carbocycles. The standard InChI is InChI=1S/C17H22N4O6/c22-17(20-5-9-26-10-6-20)13-27-18-12-14-1-2-15(16(11-14)21(23)24)19-3-7-25-8-4-19/h1-2,11-12H,3-10,13H2/b18-12-. The van der Waals surface area contributed by atoms with Crippen LogP contribution in [0, 0.1) is 10.1 Å². The number of ether oxygens (including phenoxy) is 2. The van der Waals surface area contributed by atoms with Gasteiger partial charge in [-0.2, -0.15) is 0 Å². The fraction of sp³-hybridized carbons (Fsp3) is 0.529. The number of hydrogen-bond acceptors (Lipinski definition) is 8. The number of carbonyl (C=O) groups is 1. The Morgan fingerprint density at radius 3 is 2.52 bits per heavy atom. The lowest BCUT2D eigenvalue weighted by molar-refractivity contribution is -0.384. The highest BCUT2D eigenvalue weighted by Crippen LogP contribution is 2.29. The molecule has 0 bridgehead atoms. The van der Waals surface area contributed by atoms with Crippen molar-refractivity contribution in [1.82, 2.24) is 4.90 Å². The van der Waals surface area contributed by atoms with Crippen molar-refractivity contribution in [1.29, 1.82) is 0 Å². The predicted molar refractivity (Wildman–Crippen MR) is 97.1 cm³/mol. The number of rotatable bonds is 6. The van der Waals surface area contributed by atoms with Crippen molar-refractivity contribution in [3.8, 4) is 0 Å². The second-order valence-electron chi connectivity index (χ2n) is 6.11. The first-order chi connectivity index (χ1) is 13.1. The van der Waals surface area contributed by atoms with E-state index in [0.717, 1.165) is 0 Å². The zero-order chi connectivity index (χ0) is 19.1. The number of nitro benzene ring substituents is 1. The molecule has 10 nitrogen and oxygen atoms in total. The summed E-state index contributed by atoms with van der Waals surface area (Å²) in [6, 6.07) is 4.87. The average molecular weight is 378 g/mol. The van der Waals surface area contributed by atoms with Gasteiger partial charge in [-0.05, 0) is 6.07 Å². The predicted octanol–water partition coefficient (Wildman–Crippen LogP) is 0.641. The summed E-state index contributed by atoms with van der Waals surface area (Å²) in [7, 11) is 0. The van der Waals surface area contributed by atoms with Crippen LogP contribution in [-0.4, -0.2) is 81.2 Å². The summed E-state index contributed by atoms with van der Waals surface area (Å²) in [4.78, 5) is 31.6. The van der Waals surface area contributed by atoms with Crippen molar-refractivity contribution in [2.24, 2.45) is 5.16 Å². The van der Waals surface area contributed by atoms with Gasteiger partial charge in [0, 0.05) is 37.8 Å². The first-order valence-electron chi connectivity index (χ1n) is 8.77. The van der Waals surface area contributed by atoms with E-state index in [0.29, 0.717) is 63.9 Å². The molecule has 2 heterocycles. The Hall–Kier alpha value is -2.72. The molecule has 0 aromatic heterocycles. The molecule has 0 unspecified atom stereocenters. The smallest absolute Gasteiger partial charge is 0.293 e. The number of hydrogen-bond donors (Lipinski definition) is 0. The Morgan fingerprint density at radius 1 is 1.19 bits per heavy atom. The van der Waals surface area contributed by atoms with Crippen LogP contribution < -0.4 is 4.90 Å². The van der Waals surface area contributed by atoms with Crippen molar-refractivity contribution in [3.63, 3.8) is 0 Å². The van der Waals surface area contributed by atoms with Gasteiger partial charge in [0.15, 0.2) is 6.61 Å². The topological polar surface area (TPSA) is 107 Å². The third-order valence-electron chi connectivity index (χ3n) is 4.38. The molecule has 146 valence electrons. The molecule has 1 amide bonds. The van der Waals surface area contributed by atoms with Gasteiger partial charge in [0.1, 0.15) is 5.69 Å². The van der Waals surface area contributed by atoms with E-state index in [-0.39, 0.29) is 18.2 Å². The summed E-state index contributed by atoms with van der Waals surface area (Å²) in [5, 5.41) is 15.2. The van der Waals surface area contributed by atoms with Crippen LogP contribution in [0.1, 0.15) is 5.56 Å². The molecule has 1 aromatic rings. The SMILES string of the molecule is O=C(CO/N=C\c1ccc(N2CCOCC2)c([N+](=O)[O-])c1)N1CCOCC1. The highest BCUT2D eigenvalue weighted by Gasteiger charge is 2.21. The summed E-state index contributed by atoms with van der Waals surface area (Å²) >= 11 is 0. The lowest BCUT2D eigenvalue weighted by Crippen LogP contribution is -2.42. The molecular weight excluding hydrogens is 356 g/mol. The van der Waals surface area contributed by atoms with Gasteiger partial charge in [-0.25, -0.2) is 0 Å². The van der Waals surface area contributed by atoms with E-state index in [4.69, 9.17) is 14.3 Å². The van der Waals surface area contributed by atoms with Gasteiger partial charge in [-0.1, -0.05) is 11.2 Å². The zero-order valence-corrected chi connectivity index (χ0v) is 14.9. The molecule has 0 atom stereocenters. The summed E-state index contributed by atoms with van der Waals surface area (Å²) in [5.41, 5.74) is 1.09. The van der Waals surface area contributed by atoms with E-state index in [2.05, 4.69) is 5.16 Å². The van der Waals surface area contributed by atoms with Gasteiger partial charge in [0.05, 0.1) is 37.6 Å². The van der Waals surface area contributed by atoms with Gasteiger partial charge >= 0.3 is 0 Å². The van der Waals surface area contributed by atoms with E-state index >= 15 is 0 Å². The lowest BCUT2D eigenvalue weighted by Gasteiger charge is -2.28. The van der Waals surface area contributed by atoms with E-state index in [1.165, 1.54) is 12.3 Å². The summed E-state index contributed by atoms with van der Waals surface area (Å²) in [5.74, 6) is -0.163. The average Bonchev–Trinajstić information content (AvgIpc) is 2.72. The minimum absolute atomic E-state index is 0.00485. The van der Waals surface area contributed by atoms with Gasteiger partial charge in [0.2, 0.25) is 0 Å². The van der Waals surface area contributed by atoms with Gasteiger partial charge in [-0.15, -0.1) is 0 Å². The third-order valence-corrected chi connectivity index (χ3v) is 4.38. The second-order valence-corrected chi connectivity index (χ2v) is 6.11. The maximum absolute atomic E-state index is 11.9. The molecule has 2 aliphatic heterocycles. The molecule has 1 aromatic carbocycles. The molecule has 0 radical (unpaired) electrons. The van der Waals surface area contributed by atoms with Crippen LogP contribution in [0.2, 0.25) is 0 Å². The molecular formula is C17H22N4O6. The number of benzene rings is 1. The molecule has 0 saturated carbocycles. The number of carbonyl (C=O) groups excluding carboxylic acids is 1. The van der Waals surface area contributed by atoms with Crippen molar-refractivity contribution in [2.75, 3.05) is 64.1 Å². The number of nitrogens with zero attached hydrogens (tertiary/aromatic N) is 4. The minimum atomic E-state index is -0.412. The molecule has 27 heavy (non-hydrogen) atoms. The van der Waals surface area contributed by atoms with Crippen molar-refractivity contribution < 1.29 is 24.0 Å². The maximum atomic E-state index is 11.9. The Morgan fingerprint density at radius 2 is 1.85 bits per heavy atom. The highest BCUT2D eigenvalue weighted by atomic mass is 16.6. The van der Waals surface area contributed by atoms with E-state index in [9.17, 15) is 14.9 Å². The molecule has 10 heteroatoms. The summed E-state index contributed by atoms with van der Waals surface area (Å²) in [6.07, 6.45) is 1.36.